The maximum Gasteiger partial charge on any atom is 0.356 e. The van der Waals surface area contributed by atoms with Gasteiger partial charge in [0.05, 0.1) is 18.6 Å². The van der Waals surface area contributed by atoms with E-state index in [0.29, 0.717) is 16.3 Å². The minimum absolute atomic E-state index is 0.365. The lowest BCUT2D eigenvalue weighted by molar-refractivity contribution is 0.0595. The van der Waals surface area contributed by atoms with Gasteiger partial charge in [0.1, 0.15) is 11.4 Å². The van der Waals surface area contributed by atoms with Crippen LogP contribution in [0.4, 0.5) is 0 Å². The van der Waals surface area contributed by atoms with Crippen molar-refractivity contribution in [2.75, 3.05) is 13.7 Å². The highest BCUT2D eigenvalue weighted by molar-refractivity contribution is 7.73. The van der Waals surface area contributed by atoms with Crippen LogP contribution in [0.5, 0.6) is 5.75 Å². The molecule has 0 radical (unpaired) electrons. The van der Waals surface area contributed by atoms with Gasteiger partial charge in [0.2, 0.25) is 0 Å². The van der Waals surface area contributed by atoms with Crippen LogP contribution in [0.3, 0.4) is 0 Å². The van der Waals surface area contributed by atoms with Gasteiger partial charge in [0, 0.05) is 5.56 Å². The number of esters is 1. The van der Waals surface area contributed by atoms with Gasteiger partial charge in [-0.3, -0.25) is 0 Å². The molecule has 4 nitrogen and oxygen atoms in total. The van der Waals surface area contributed by atoms with Gasteiger partial charge in [-0.25, -0.2) is 4.79 Å². The van der Waals surface area contributed by atoms with E-state index in [9.17, 15) is 4.79 Å². The Morgan fingerprint density at radius 1 is 1.42 bits per heavy atom. The maximum absolute atomic E-state index is 11.8. The molecule has 0 aliphatic heterocycles. The second kappa shape index (κ2) is 5.99. The van der Waals surface area contributed by atoms with E-state index in [1.807, 2.05) is 31.2 Å². The number of H-pyrrole nitrogens is 1. The first-order valence-electron chi connectivity index (χ1n) is 5.71. The normalized spacial score (nSPS) is 10.2. The van der Waals surface area contributed by atoms with Gasteiger partial charge in [-0.15, -0.1) is 11.3 Å². The van der Waals surface area contributed by atoms with E-state index in [4.69, 9.17) is 21.7 Å². The first kappa shape index (κ1) is 13.8. The predicted molar refractivity (Wildman–Crippen MR) is 77.4 cm³/mol. The lowest BCUT2D eigenvalue weighted by Crippen LogP contribution is -2.03. The summed E-state index contributed by atoms with van der Waals surface area (Å²) in [5.74, 6) is 0.286. The van der Waals surface area contributed by atoms with Gasteiger partial charge >= 0.3 is 5.97 Å². The number of ether oxygens (including phenoxy) is 2. The molecule has 0 unspecified atom stereocenters. The number of hydrogen-bond acceptors (Lipinski definition) is 5. The molecule has 2 rings (SSSR count). The number of carbonyl (C=O) groups excluding carboxylic acids is 1. The molecule has 0 spiro atoms. The summed E-state index contributed by atoms with van der Waals surface area (Å²) in [7, 11) is 1.34. The Morgan fingerprint density at radius 2 is 2.16 bits per heavy atom. The van der Waals surface area contributed by atoms with E-state index in [-0.39, 0.29) is 0 Å². The van der Waals surface area contributed by atoms with Crippen LogP contribution in [-0.4, -0.2) is 24.7 Å². The molecule has 0 aliphatic rings. The van der Waals surface area contributed by atoms with Crippen molar-refractivity contribution in [1.29, 1.82) is 0 Å². The van der Waals surface area contributed by atoms with Crippen LogP contribution < -0.4 is 4.74 Å². The topological polar surface area (TPSA) is 51.3 Å². The Kier molecular flexibility index (Phi) is 4.34. The molecule has 1 aromatic carbocycles. The van der Waals surface area contributed by atoms with Crippen LogP contribution >= 0.6 is 23.6 Å². The van der Waals surface area contributed by atoms with Crippen molar-refractivity contribution in [1.82, 2.24) is 4.98 Å². The van der Waals surface area contributed by atoms with Gasteiger partial charge < -0.3 is 14.5 Å². The monoisotopic (exact) mass is 295 g/mol. The lowest BCUT2D eigenvalue weighted by atomic mass is 10.1. The van der Waals surface area contributed by atoms with Crippen LogP contribution in [0, 0.1) is 3.95 Å². The third kappa shape index (κ3) is 2.85. The van der Waals surface area contributed by atoms with Gasteiger partial charge in [-0.1, -0.05) is 12.1 Å². The largest absolute Gasteiger partial charge is 0.493 e. The highest BCUT2D eigenvalue weighted by Crippen LogP contribution is 2.35. The highest BCUT2D eigenvalue weighted by atomic mass is 32.1. The minimum Gasteiger partial charge on any atom is -0.493 e. The molecule has 0 fully saturated rings. The zero-order valence-corrected chi connectivity index (χ0v) is 12.2. The lowest BCUT2D eigenvalue weighted by Gasteiger charge is -2.09. The second-order valence-corrected chi connectivity index (χ2v) is 5.33. The van der Waals surface area contributed by atoms with Crippen LogP contribution in [0.15, 0.2) is 24.3 Å². The van der Waals surface area contributed by atoms with Gasteiger partial charge in [-0.2, -0.15) is 0 Å². The average molecular weight is 295 g/mol. The number of benzene rings is 1. The molecule has 1 heterocycles. The third-order valence-corrected chi connectivity index (χ3v) is 3.74. The van der Waals surface area contributed by atoms with Crippen molar-refractivity contribution in [3.05, 3.63) is 33.9 Å². The molecule has 0 saturated heterocycles. The summed E-state index contributed by atoms with van der Waals surface area (Å²) in [6, 6.07) is 7.54. The zero-order chi connectivity index (χ0) is 13.8. The molecule has 19 heavy (non-hydrogen) atoms. The van der Waals surface area contributed by atoms with Crippen molar-refractivity contribution < 1.29 is 14.3 Å². The standard InChI is InChI=1S/C13H13NO3S2/c1-3-17-9-7-5-4-6-8(9)11-10(12(15)16-2)14-13(18)19-11/h4-7H,3H2,1-2H3,(H,14,18). The molecular formula is C13H13NO3S2. The molecule has 0 amide bonds. The summed E-state index contributed by atoms with van der Waals surface area (Å²) in [5, 5.41) is 0. The number of para-hydroxylation sites is 1. The molecule has 1 aromatic heterocycles. The average Bonchev–Trinajstić information content (AvgIpc) is 2.81. The van der Waals surface area contributed by atoms with E-state index >= 15 is 0 Å². The number of hydrogen-bond donors (Lipinski definition) is 1. The quantitative estimate of drug-likeness (QED) is 0.691. The Bertz CT molecular complexity index is 645. The first-order valence-corrected chi connectivity index (χ1v) is 6.93. The molecule has 2 aromatic rings. The van der Waals surface area contributed by atoms with Crippen molar-refractivity contribution in [3.8, 4) is 16.2 Å². The van der Waals surface area contributed by atoms with Crippen molar-refractivity contribution in [2.24, 2.45) is 0 Å². The summed E-state index contributed by atoms with van der Waals surface area (Å²) in [5.41, 5.74) is 1.20. The van der Waals surface area contributed by atoms with Crippen LogP contribution in [-0.2, 0) is 4.74 Å². The van der Waals surface area contributed by atoms with E-state index in [1.165, 1.54) is 18.4 Å². The number of methoxy groups -OCH3 is 1. The molecule has 0 bridgehead atoms. The molecule has 100 valence electrons. The van der Waals surface area contributed by atoms with Crippen LogP contribution in [0.1, 0.15) is 17.4 Å². The number of aromatic amines is 1. The van der Waals surface area contributed by atoms with Gasteiger partial charge in [0.25, 0.3) is 0 Å². The Balaban J connectivity index is 2.59. The fourth-order valence-electron chi connectivity index (χ4n) is 1.70. The predicted octanol–water partition coefficient (Wildman–Crippen LogP) is 3.66. The zero-order valence-electron chi connectivity index (χ0n) is 10.6. The maximum atomic E-state index is 11.8. The third-order valence-electron chi connectivity index (χ3n) is 2.47. The summed E-state index contributed by atoms with van der Waals surface area (Å²) < 4.78 is 10.9. The number of aromatic nitrogens is 1. The smallest absolute Gasteiger partial charge is 0.356 e. The fraction of sp³-hybridized carbons (Fsp3) is 0.231. The molecule has 0 saturated carbocycles. The Labute approximate surface area is 120 Å². The van der Waals surface area contributed by atoms with E-state index in [0.717, 1.165) is 16.2 Å². The number of rotatable bonds is 4. The summed E-state index contributed by atoms with van der Waals surface area (Å²) in [4.78, 5) is 15.4. The minimum atomic E-state index is -0.436. The summed E-state index contributed by atoms with van der Waals surface area (Å²) in [6.45, 7) is 2.47. The molecular weight excluding hydrogens is 282 g/mol. The Morgan fingerprint density at radius 3 is 2.84 bits per heavy atom. The number of thiazole rings is 1. The van der Waals surface area contributed by atoms with E-state index < -0.39 is 5.97 Å². The highest BCUT2D eigenvalue weighted by Gasteiger charge is 2.19. The molecule has 0 atom stereocenters. The Hall–Kier alpha value is -1.66. The van der Waals surface area contributed by atoms with E-state index in [2.05, 4.69) is 4.98 Å². The molecule has 0 aliphatic carbocycles. The summed E-state index contributed by atoms with van der Waals surface area (Å²) >= 11 is 6.44. The second-order valence-electron chi connectivity index (χ2n) is 3.64. The van der Waals surface area contributed by atoms with Gasteiger partial charge in [0.15, 0.2) is 3.95 Å². The first-order chi connectivity index (χ1) is 9.17. The fourth-order valence-corrected chi connectivity index (χ4v) is 2.90. The van der Waals surface area contributed by atoms with Crippen molar-refractivity contribution in [3.63, 3.8) is 0 Å². The van der Waals surface area contributed by atoms with E-state index in [1.54, 1.807) is 0 Å². The van der Waals surface area contributed by atoms with Crippen molar-refractivity contribution >= 4 is 29.5 Å². The number of nitrogens with one attached hydrogen (secondary N) is 1. The van der Waals surface area contributed by atoms with Crippen LogP contribution in [0.2, 0.25) is 0 Å². The van der Waals surface area contributed by atoms with Gasteiger partial charge in [-0.05, 0) is 31.3 Å². The number of carbonyl (C=O) groups is 1. The molecule has 6 heteroatoms. The summed E-state index contributed by atoms with van der Waals surface area (Å²) in [6.07, 6.45) is 0. The van der Waals surface area contributed by atoms with Crippen LogP contribution in [0.25, 0.3) is 10.4 Å². The SMILES string of the molecule is CCOc1ccccc1-c1sc(=S)[nH]c1C(=O)OC. The van der Waals surface area contributed by atoms with Crippen molar-refractivity contribution in [2.45, 2.75) is 6.92 Å². The molecule has 1 N–H and O–H groups in total.